The molecule has 1 fully saturated rings. The lowest BCUT2D eigenvalue weighted by molar-refractivity contribution is -0.142. The summed E-state index contributed by atoms with van der Waals surface area (Å²) in [6, 6.07) is 3.84. The van der Waals surface area contributed by atoms with Crippen molar-refractivity contribution < 1.29 is 18.8 Å². The summed E-state index contributed by atoms with van der Waals surface area (Å²) in [5.41, 5.74) is 0. The maximum atomic E-state index is 10.9. The van der Waals surface area contributed by atoms with E-state index in [1.165, 1.54) is 0 Å². The number of aromatic nitrogens is 2. The second kappa shape index (κ2) is 6.09. The molecular weight excluding hydrogens is 274 g/mol. The summed E-state index contributed by atoms with van der Waals surface area (Å²) < 4.78 is 10.3. The first-order chi connectivity index (χ1) is 10.2. The highest BCUT2D eigenvalue weighted by Crippen LogP contribution is 2.24. The number of nitrogens with zero attached hydrogens (tertiary/aromatic N) is 2. The monoisotopic (exact) mass is 291 g/mol. The molecule has 1 aliphatic rings. The van der Waals surface area contributed by atoms with Crippen LogP contribution in [0.3, 0.4) is 0 Å². The molecule has 0 radical (unpaired) electrons. The molecule has 0 atom stereocenters. The summed E-state index contributed by atoms with van der Waals surface area (Å²) in [6.45, 7) is 0.507. The highest BCUT2D eigenvalue weighted by Gasteiger charge is 2.25. The van der Waals surface area contributed by atoms with Gasteiger partial charge in [0.1, 0.15) is 0 Å². The topological polar surface area (TPSA) is 101 Å². The van der Waals surface area contributed by atoms with Gasteiger partial charge in [-0.1, -0.05) is 5.16 Å². The van der Waals surface area contributed by atoms with Gasteiger partial charge in [-0.3, -0.25) is 4.79 Å². The molecule has 0 unspecified atom stereocenters. The van der Waals surface area contributed by atoms with Crippen LogP contribution in [0.4, 0.5) is 0 Å². The minimum Gasteiger partial charge on any atom is -0.481 e. The number of furan rings is 1. The number of carboxylic acids is 1. The molecule has 0 saturated heterocycles. The lowest BCUT2D eigenvalue weighted by Gasteiger charge is -2.26. The Kier molecular flexibility index (Phi) is 4.01. The normalized spacial score (nSPS) is 22.3. The van der Waals surface area contributed by atoms with E-state index in [2.05, 4.69) is 15.5 Å². The number of carboxylic acid groups (broad SMARTS) is 1. The van der Waals surface area contributed by atoms with Crippen molar-refractivity contribution in [1.29, 1.82) is 0 Å². The van der Waals surface area contributed by atoms with Gasteiger partial charge in [-0.15, -0.1) is 0 Å². The molecule has 2 aromatic rings. The number of hydrogen-bond acceptors (Lipinski definition) is 6. The van der Waals surface area contributed by atoms with E-state index in [0.29, 0.717) is 30.1 Å². The predicted octanol–water partition coefficient (Wildman–Crippen LogP) is 2.06. The Hall–Kier alpha value is -2.15. The van der Waals surface area contributed by atoms with Crippen molar-refractivity contribution in [2.24, 2.45) is 5.92 Å². The van der Waals surface area contributed by atoms with Crippen LogP contribution >= 0.6 is 0 Å². The zero-order valence-electron chi connectivity index (χ0n) is 11.5. The van der Waals surface area contributed by atoms with Gasteiger partial charge in [-0.2, -0.15) is 4.98 Å². The summed E-state index contributed by atoms with van der Waals surface area (Å²) in [7, 11) is 0. The van der Waals surface area contributed by atoms with Gasteiger partial charge in [0.15, 0.2) is 11.6 Å². The molecule has 0 aromatic carbocycles. The first-order valence-electron chi connectivity index (χ1n) is 7.05. The lowest BCUT2D eigenvalue weighted by atomic mass is 9.86. The Bertz CT molecular complexity index is 585. The summed E-state index contributed by atoms with van der Waals surface area (Å²) >= 11 is 0. The van der Waals surface area contributed by atoms with Gasteiger partial charge in [0, 0.05) is 6.04 Å². The Labute approximate surface area is 121 Å². The molecule has 2 aromatic heterocycles. The van der Waals surface area contributed by atoms with Crippen molar-refractivity contribution in [3.05, 3.63) is 24.2 Å². The third-order valence-corrected chi connectivity index (χ3v) is 3.83. The number of hydrogen-bond donors (Lipinski definition) is 2. The van der Waals surface area contributed by atoms with E-state index in [1.54, 1.807) is 18.4 Å². The summed E-state index contributed by atoms with van der Waals surface area (Å²) in [5, 5.41) is 16.2. The highest BCUT2D eigenvalue weighted by atomic mass is 16.5. The Morgan fingerprint density at radius 1 is 1.38 bits per heavy atom. The summed E-state index contributed by atoms with van der Waals surface area (Å²) in [6.07, 6.45) is 4.71. The van der Waals surface area contributed by atoms with Crippen LogP contribution in [0.15, 0.2) is 27.3 Å². The second-order valence-corrected chi connectivity index (χ2v) is 5.26. The fraction of sp³-hybridized carbons (Fsp3) is 0.500. The average Bonchev–Trinajstić information content (AvgIpc) is 3.16. The third-order valence-electron chi connectivity index (χ3n) is 3.83. The molecule has 3 rings (SSSR count). The number of aliphatic carboxylic acids is 1. The van der Waals surface area contributed by atoms with Crippen LogP contribution in [-0.4, -0.2) is 27.3 Å². The molecule has 1 aliphatic carbocycles. The zero-order chi connectivity index (χ0) is 14.7. The van der Waals surface area contributed by atoms with Crippen LogP contribution in [0.25, 0.3) is 11.7 Å². The van der Waals surface area contributed by atoms with E-state index in [1.807, 2.05) is 0 Å². The number of rotatable bonds is 5. The molecule has 2 N–H and O–H groups in total. The number of nitrogens with one attached hydrogen (secondary N) is 1. The zero-order valence-corrected chi connectivity index (χ0v) is 11.5. The highest BCUT2D eigenvalue weighted by molar-refractivity contribution is 5.70. The third kappa shape index (κ3) is 3.30. The van der Waals surface area contributed by atoms with Gasteiger partial charge < -0.3 is 19.4 Å². The Balaban J connectivity index is 1.49. The van der Waals surface area contributed by atoms with E-state index < -0.39 is 5.97 Å². The lowest BCUT2D eigenvalue weighted by Crippen LogP contribution is -2.34. The molecule has 7 heteroatoms. The van der Waals surface area contributed by atoms with Crippen LogP contribution in [0.5, 0.6) is 0 Å². The second-order valence-electron chi connectivity index (χ2n) is 5.26. The van der Waals surface area contributed by atoms with Gasteiger partial charge >= 0.3 is 5.97 Å². The SMILES string of the molecule is O=C(O)C1CCC(NCc2noc(-c3ccco3)n2)CC1. The van der Waals surface area contributed by atoms with Crippen LogP contribution < -0.4 is 5.32 Å². The molecule has 112 valence electrons. The van der Waals surface area contributed by atoms with Gasteiger partial charge in [0.05, 0.1) is 18.7 Å². The maximum Gasteiger partial charge on any atom is 0.306 e. The van der Waals surface area contributed by atoms with Crippen molar-refractivity contribution in [2.45, 2.75) is 38.3 Å². The Morgan fingerprint density at radius 3 is 2.86 bits per heavy atom. The van der Waals surface area contributed by atoms with E-state index in [4.69, 9.17) is 14.0 Å². The van der Waals surface area contributed by atoms with E-state index in [9.17, 15) is 4.79 Å². The van der Waals surface area contributed by atoms with Crippen LogP contribution in [0.1, 0.15) is 31.5 Å². The smallest absolute Gasteiger partial charge is 0.306 e. The Morgan fingerprint density at radius 2 is 2.19 bits per heavy atom. The van der Waals surface area contributed by atoms with Crippen molar-refractivity contribution in [2.75, 3.05) is 0 Å². The predicted molar refractivity (Wildman–Crippen MR) is 72.2 cm³/mol. The van der Waals surface area contributed by atoms with E-state index in [0.717, 1.165) is 25.7 Å². The quantitative estimate of drug-likeness (QED) is 0.869. The van der Waals surface area contributed by atoms with Crippen molar-refractivity contribution in [1.82, 2.24) is 15.5 Å². The first-order valence-corrected chi connectivity index (χ1v) is 7.05. The molecule has 21 heavy (non-hydrogen) atoms. The molecule has 7 nitrogen and oxygen atoms in total. The molecule has 0 aliphatic heterocycles. The van der Waals surface area contributed by atoms with Gasteiger partial charge in [-0.25, -0.2) is 0 Å². The van der Waals surface area contributed by atoms with Crippen molar-refractivity contribution >= 4 is 5.97 Å². The fourth-order valence-corrected chi connectivity index (χ4v) is 2.61. The standard InChI is InChI=1S/C14H17N3O4/c18-14(19)9-3-5-10(6-4-9)15-8-12-16-13(21-17-12)11-2-1-7-20-11/h1-2,7,9-10,15H,3-6,8H2,(H,18,19). The first kappa shape index (κ1) is 13.8. The summed E-state index contributed by atoms with van der Waals surface area (Å²) in [4.78, 5) is 15.1. The minimum atomic E-state index is -0.685. The summed E-state index contributed by atoms with van der Waals surface area (Å²) in [5.74, 6) is 0.609. The molecule has 2 heterocycles. The molecule has 0 bridgehead atoms. The van der Waals surface area contributed by atoms with Crippen molar-refractivity contribution in [3.8, 4) is 11.7 Å². The van der Waals surface area contributed by atoms with Gasteiger partial charge in [0.25, 0.3) is 5.89 Å². The average molecular weight is 291 g/mol. The molecule has 0 spiro atoms. The van der Waals surface area contributed by atoms with Gasteiger partial charge in [0.2, 0.25) is 0 Å². The number of carbonyl (C=O) groups is 1. The fourth-order valence-electron chi connectivity index (χ4n) is 2.61. The van der Waals surface area contributed by atoms with E-state index >= 15 is 0 Å². The molecule has 1 saturated carbocycles. The molecular formula is C14H17N3O4. The van der Waals surface area contributed by atoms with Gasteiger partial charge in [-0.05, 0) is 37.8 Å². The maximum absolute atomic E-state index is 10.9. The largest absolute Gasteiger partial charge is 0.481 e. The van der Waals surface area contributed by atoms with E-state index in [-0.39, 0.29) is 5.92 Å². The van der Waals surface area contributed by atoms with Crippen molar-refractivity contribution in [3.63, 3.8) is 0 Å². The molecule has 0 amide bonds. The van der Waals surface area contributed by atoms with Crippen LogP contribution in [-0.2, 0) is 11.3 Å². The minimum absolute atomic E-state index is 0.196. The van der Waals surface area contributed by atoms with Crippen LogP contribution in [0, 0.1) is 5.92 Å². The van der Waals surface area contributed by atoms with Crippen LogP contribution in [0.2, 0.25) is 0 Å².